The van der Waals surface area contributed by atoms with Crippen LogP contribution in [-0.2, 0) is 13.0 Å². The van der Waals surface area contributed by atoms with Crippen LogP contribution in [0.15, 0.2) is 48.7 Å². The van der Waals surface area contributed by atoms with E-state index in [1.54, 1.807) is 6.20 Å². The van der Waals surface area contributed by atoms with Crippen molar-refractivity contribution in [1.82, 2.24) is 15.6 Å². The second-order valence-electron chi connectivity index (χ2n) is 7.13. The van der Waals surface area contributed by atoms with Gasteiger partial charge < -0.3 is 25.6 Å². The number of nitrogens with zero attached hydrogens (tertiary/aromatic N) is 1. The lowest BCUT2D eigenvalue weighted by atomic mass is 10.0. The van der Waals surface area contributed by atoms with E-state index in [1.165, 1.54) is 0 Å². The zero-order chi connectivity index (χ0) is 20.4. The van der Waals surface area contributed by atoms with Crippen molar-refractivity contribution in [2.24, 2.45) is 5.92 Å². The van der Waals surface area contributed by atoms with E-state index >= 15 is 0 Å². The van der Waals surface area contributed by atoms with Gasteiger partial charge in [0.2, 0.25) is 0 Å². The number of aliphatic hydroxyl groups excluding tert-OH is 1. The van der Waals surface area contributed by atoms with Crippen LogP contribution in [0.25, 0.3) is 0 Å². The van der Waals surface area contributed by atoms with E-state index in [4.69, 9.17) is 9.84 Å². The number of benzene rings is 1. The summed E-state index contributed by atoms with van der Waals surface area (Å²) in [5, 5.41) is 25.0. The van der Waals surface area contributed by atoms with Gasteiger partial charge in [-0.05, 0) is 48.7 Å². The van der Waals surface area contributed by atoms with Gasteiger partial charge in [-0.2, -0.15) is 0 Å². The SMILES string of the molecule is CC(C)CNC[C@@H](O)[C@H](Cc1ccc(OCc2ccccn2)cc1)NC(=O)O. The molecule has 2 aromatic rings. The van der Waals surface area contributed by atoms with E-state index in [2.05, 4.69) is 29.5 Å². The Morgan fingerprint density at radius 3 is 2.50 bits per heavy atom. The van der Waals surface area contributed by atoms with Crippen LogP contribution in [-0.4, -0.2) is 46.5 Å². The number of nitrogens with one attached hydrogen (secondary N) is 2. The number of ether oxygens (including phenoxy) is 1. The van der Waals surface area contributed by atoms with Gasteiger partial charge >= 0.3 is 6.09 Å². The van der Waals surface area contributed by atoms with E-state index in [1.807, 2.05) is 42.5 Å². The Bertz CT molecular complexity index is 707. The Hall–Kier alpha value is -2.64. The van der Waals surface area contributed by atoms with Crippen LogP contribution < -0.4 is 15.4 Å². The number of amides is 1. The Balaban J connectivity index is 1.90. The number of hydrogen-bond donors (Lipinski definition) is 4. The molecule has 1 heterocycles. The van der Waals surface area contributed by atoms with Crippen molar-refractivity contribution in [3.63, 3.8) is 0 Å². The molecule has 7 nitrogen and oxygen atoms in total. The monoisotopic (exact) mass is 387 g/mol. The number of hydrogen-bond acceptors (Lipinski definition) is 5. The molecule has 0 bridgehead atoms. The molecule has 0 radical (unpaired) electrons. The van der Waals surface area contributed by atoms with Gasteiger partial charge in [-0.15, -0.1) is 0 Å². The normalized spacial score (nSPS) is 13.1. The Morgan fingerprint density at radius 1 is 1.14 bits per heavy atom. The third-order valence-corrected chi connectivity index (χ3v) is 4.17. The van der Waals surface area contributed by atoms with Gasteiger partial charge in [-0.3, -0.25) is 4.98 Å². The topological polar surface area (TPSA) is 104 Å². The first kappa shape index (κ1) is 21.7. The summed E-state index contributed by atoms with van der Waals surface area (Å²) >= 11 is 0. The van der Waals surface area contributed by atoms with Crippen LogP contribution in [0.2, 0.25) is 0 Å². The van der Waals surface area contributed by atoms with Crippen molar-refractivity contribution >= 4 is 6.09 Å². The van der Waals surface area contributed by atoms with Gasteiger partial charge in [0.05, 0.1) is 17.8 Å². The molecule has 1 amide bonds. The second-order valence-corrected chi connectivity index (χ2v) is 7.13. The van der Waals surface area contributed by atoms with Gasteiger partial charge in [-0.1, -0.05) is 32.0 Å². The molecule has 1 aromatic carbocycles. The van der Waals surface area contributed by atoms with E-state index < -0.39 is 18.2 Å². The predicted octanol–water partition coefficient (Wildman–Crippen LogP) is 2.45. The highest BCUT2D eigenvalue weighted by Gasteiger charge is 2.21. The van der Waals surface area contributed by atoms with Crippen molar-refractivity contribution < 1.29 is 19.7 Å². The van der Waals surface area contributed by atoms with Crippen LogP contribution in [0.1, 0.15) is 25.1 Å². The third kappa shape index (κ3) is 7.94. The lowest BCUT2D eigenvalue weighted by Crippen LogP contribution is -2.48. The van der Waals surface area contributed by atoms with Gasteiger partial charge in [0.25, 0.3) is 0 Å². The molecule has 0 aliphatic rings. The number of aromatic nitrogens is 1. The van der Waals surface area contributed by atoms with Crippen LogP contribution in [0.3, 0.4) is 0 Å². The summed E-state index contributed by atoms with van der Waals surface area (Å²) in [5.74, 6) is 1.16. The number of rotatable bonds is 11. The minimum Gasteiger partial charge on any atom is -0.487 e. The summed E-state index contributed by atoms with van der Waals surface area (Å²) in [6.45, 7) is 5.62. The molecule has 0 unspecified atom stereocenters. The molecular weight excluding hydrogens is 358 g/mol. The lowest BCUT2D eigenvalue weighted by molar-refractivity contribution is 0.117. The molecular formula is C21H29N3O4. The summed E-state index contributed by atoms with van der Waals surface area (Å²) in [7, 11) is 0. The minimum absolute atomic E-state index is 0.328. The maximum atomic E-state index is 11.1. The fourth-order valence-corrected chi connectivity index (χ4v) is 2.72. The number of carboxylic acid groups (broad SMARTS) is 1. The van der Waals surface area contributed by atoms with E-state index in [9.17, 15) is 9.90 Å². The van der Waals surface area contributed by atoms with E-state index in [-0.39, 0.29) is 0 Å². The van der Waals surface area contributed by atoms with E-state index in [0.717, 1.165) is 17.8 Å². The molecule has 28 heavy (non-hydrogen) atoms. The summed E-state index contributed by atoms with van der Waals surface area (Å²) in [6, 6.07) is 12.5. The van der Waals surface area contributed by atoms with Crippen molar-refractivity contribution in [2.75, 3.05) is 13.1 Å². The first-order valence-corrected chi connectivity index (χ1v) is 9.44. The summed E-state index contributed by atoms with van der Waals surface area (Å²) in [4.78, 5) is 15.3. The number of pyridine rings is 1. The zero-order valence-corrected chi connectivity index (χ0v) is 16.3. The fraction of sp³-hybridized carbons (Fsp3) is 0.429. The molecule has 2 rings (SSSR count). The standard InChI is InChI=1S/C21H29N3O4/c1-15(2)12-22-13-20(25)19(24-21(26)27)11-16-6-8-18(9-7-16)28-14-17-5-3-4-10-23-17/h3-10,15,19-20,22,24-25H,11-14H2,1-2H3,(H,26,27)/t19-,20+/m0/s1. The fourth-order valence-electron chi connectivity index (χ4n) is 2.72. The molecule has 0 aliphatic carbocycles. The third-order valence-electron chi connectivity index (χ3n) is 4.17. The first-order chi connectivity index (χ1) is 13.4. The molecule has 0 saturated carbocycles. The average molecular weight is 387 g/mol. The molecule has 0 saturated heterocycles. The quantitative estimate of drug-likeness (QED) is 0.472. The van der Waals surface area contributed by atoms with Crippen molar-refractivity contribution in [3.8, 4) is 5.75 Å². The van der Waals surface area contributed by atoms with Gasteiger partial charge in [0.1, 0.15) is 12.4 Å². The van der Waals surface area contributed by atoms with Crippen molar-refractivity contribution in [1.29, 1.82) is 0 Å². The summed E-state index contributed by atoms with van der Waals surface area (Å²) in [6.07, 6.45) is 0.133. The number of carbonyl (C=O) groups is 1. The van der Waals surface area contributed by atoms with Crippen LogP contribution in [0.5, 0.6) is 5.75 Å². The Labute approximate surface area is 165 Å². The average Bonchev–Trinajstić information content (AvgIpc) is 2.67. The van der Waals surface area contributed by atoms with Gasteiger partial charge in [-0.25, -0.2) is 4.79 Å². The highest BCUT2D eigenvalue weighted by atomic mass is 16.5. The van der Waals surface area contributed by atoms with Crippen molar-refractivity contribution in [3.05, 3.63) is 59.9 Å². The maximum Gasteiger partial charge on any atom is 0.404 e. The molecule has 0 fully saturated rings. The lowest BCUT2D eigenvalue weighted by Gasteiger charge is -2.24. The highest BCUT2D eigenvalue weighted by Crippen LogP contribution is 2.15. The first-order valence-electron chi connectivity index (χ1n) is 9.44. The predicted molar refractivity (Wildman–Crippen MR) is 107 cm³/mol. The molecule has 0 spiro atoms. The van der Waals surface area contributed by atoms with Crippen LogP contribution in [0.4, 0.5) is 4.79 Å². The van der Waals surface area contributed by atoms with Gasteiger partial charge in [0.15, 0.2) is 0 Å². The summed E-state index contributed by atoms with van der Waals surface area (Å²) in [5.41, 5.74) is 1.75. The smallest absolute Gasteiger partial charge is 0.404 e. The van der Waals surface area contributed by atoms with Gasteiger partial charge in [0, 0.05) is 12.7 Å². The number of aliphatic hydroxyl groups is 1. The zero-order valence-electron chi connectivity index (χ0n) is 16.3. The van der Waals surface area contributed by atoms with Crippen LogP contribution in [0, 0.1) is 5.92 Å². The van der Waals surface area contributed by atoms with Crippen LogP contribution >= 0.6 is 0 Å². The maximum absolute atomic E-state index is 11.1. The molecule has 0 aliphatic heterocycles. The molecule has 4 N–H and O–H groups in total. The largest absolute Gasteiger partial charge is 0.487 e. The second kappa shape index (κ2) is 11.3. The summed E-state index contributed by atoms with van der Waals surface area (Å²) < 4.78 is 5.71. The highest BCUT2D eigenvalue weighted by molar-refractivity contribution is 5.65. The minimum atomic E-state index is -1.15. The molecule has 1 aromatic heterocycles. The Morgan fingerprint density at radius 2 is 1.89 bits per heavy atom. The molecule has 7 heteroatoms. The van der Waals surface area contributed by atoms with Crippen molar-refractivity contribution in [2.45, 2.75) is 39.0 Å². The Kier molecular flexibility index (Phi) is 8.71. The molecule has 2 atom stereocenters. The molecule has 152 valence electrons. The van der Waals surface area contributed by atoms with E-state index in [0.29, 0.717) is 31.2 Å².